The Labute approximate surface area is 154 Å². The number of thioether (sulfide) groups is 1. The fourth-order valence-corrected chi connectivity index (χ4v) is 3.18. The van der Waals surface area contributed by atoms with Crippen molar-refractivity contribution in [3.8, 4) is 0 Å². The summed E-state index contributed by atoms with van der Waals surface area (Å²) in [6.45, 7) is 3.85. The van der Waals surface area contributed by atoms with Crippen molar-refractivity contribution >= 4 is 34.8 Å². The van der Waals surface area contributed by atoms with Gasteiger partial charge in [-0.15, -0.1) is 11.8 Å². The van der Waals surface area contributed by atoms with Crippen LogP contribution < -0.4 is 5.32 Å². The van der Waals surface area contributed by atoms with Gasteiger partial charge in [0.25, 0.3) is 0 Å². The van der Waals surface area contributed by atoms with Crippen molar-refractivity contribution < 1.29 is 4.42 Å². The average molecular weight is 364 g/mol. The minimum Gasteiger partial charge on any atom is -0.467 e. The Hall–Kier alpha value is -1.50. The predicted molar refractivity (Wildman–Crippen MR) is 107 cm³/mol. The molecule has 1 heterocycles. The molecule has 2 rings (SSSR count). The summed E-state index contributed by atoms with van der Waals surface area (Å²) in [5.41, 5.74) is 1.01. The van der Waals surface area contributed by atoms with Gasteiger partial charge in [0.05, 0.1) is 12.3 Å². The van der Waals surface area contributed by atoms with E-state index in [0.717, 1.165) is 24.5 Å². The predicted octanol–water partition coefficient (Wildman–Crippen LogP) is 4.32. The highest BCUT2D eigenvalue weighted by atomic mass is 32.2. The van der Waals surface area contributed by atoms with Gasteiger partial charge < -0.3 is 19.5 Å². The number of hydrogen-bond acceptors (Lipinski definition) is 4. The van der Waals surface area contributed by atoms with E-state index in [1.165, 1.54) is 4.90 Å². The van der Waals surface area contributed by atoms with Crippen LogP contribution in [0.2, 0.25) is 0 Å². The number of nitrogens with zero attached hydrogens (tertiary/aromatic N) is 2. The van der Waals surface area contributed by atoms with E-state index in [4.69, 9.17) is 16.6 Å². The maximum atomic E-state index is 5.69. The number of likely N-dealkylation sites (N-methyl/N-ethyl adjacent to an activating group) is 1. The molecule has 4 nitrogen and oxygen atoms in total. The van der Waals surface area contributed by atoms with Crippen molar-refractivity contribution in [1.82, 2.24) is 9.80 Å². The van der Waals surface area contributed by atoms with Gasteiger partial charge in [0, 0.05) is 23.7 Å². The first-order chi connectivity index (χ1) is 11.5. The van der Waals surface area contributed by atoms with Crippen molar-refractivity contribution in [2.24, 2.45) is 0 Å². The van der Waals surface area contributed by atoms with E-state index in [2.05, 4.69) is 54.5 Å². The summed E-state index contributed by atoms with van der Waals surface area (Å²) < 4.78 is 5.57. The van der Waals surface area contributed by atoms with Crippen LogP contribution >= 0.6 is 24.0 Å². The molecule has 1 N–H and O–H groups in total. The summed E-state index contributed by atoms with van der Waals surface area (Å²) in [5, 5.41) is 4.07. The molecule has 0 bridgehead atoms. The minimum atomic E-state index is 0.0729. The normalized spacial score (nSPS) is 12.2. The zero-order valence-electron chi connectivity index (χ0n) is 14.7. The second kappa shape index (κ2) is 9.11. The van der Waals surface area contributed by atoms with Gasteiger partial charge in [-0.2, -0.15) is 0 Å². The Balaban J connectivity index is 2.13. The van der Waals surface area contributed by atoms with Crippen molar-refractivity contribution in [2.75, 3.05) is 38.8 Å². The van der Waals surface area contributed by atoms with E-state index in [1.54, 1.807) is 18.0 Å². The van der Waals surface area contributed by atoms with Crippen LogP contribution in [0.15, 0.2) is 52.0 Å². The van der Waals surface area contributed by atoms with Crippen LogP contribution in [-0.4, -0.2) is 48.4 Å². The van der Waals surface area contributed by atoms with E-state index in [-0.39, 0.29) is 6.04 Å². The lowest BCUT2D eigenvalue weighted by Gasteiger charge is -2.31. The second-order valence-corrected chi connectivity index (χ2v) is 7.12. The number of rotatable bonds is 7. The van der Waals surface area contributed by atoms with Gasteiger partial charge in [0.2, 0.25) is 0 Å². The van der Waals surface area contributed by atoms with Crippen LogP contribution in [0.4, 0.5) is 5.69 Å². The molecule has 1 aromatic carbocycles. The second-order valence-electron chi connectivity index (χ2n) is 5.85. The molecule has 0 spiro atoms. The minimum absolute atomic E-state index is 0.0729. The van der Waals surface area contributed by atoms with Crippen molar-refractivity contribution in [2.45, 2.75) is 17.9 Å². The highest BCUT2D eigenvalue weighted by Crippen LogP contribution is 2.23. The molecule has 130 valence electrons. The first-order valence-electron chi connectivity index (χ1n) is 7.91. The zero-order valence-corrected chi connectivity index (χ0v) is 16.3. The summed E-state index contributed by atoms with van der Waals surface area (Å²) in [6.07, 6.45) is 3.77. The third kappa shape index (κ3) is 5.26. The van der Waals surface area contributed by atoms with E-state index in [9.17, 15) is 0 Å². The van der Waals surface area contributed by atoms with Gasteiger partial charge in [-0.1, -0.05) is 6.07 Å². The summed E-state index contributed by atoms with van der Waals surface area (Å²) in [4.78, 5) is 5.53. The van der Waals surface area contributed by atoms with Crippen LogP contribution in [0.1, 0.15) is 18.7 Å². The lowest BCUT2D eigenvalue weighted by Crippen LogP contribution is -2.40. The molecule has 0 fully saturated rings. The smallest absolute Gasteiger partial charge is 0.174 e. The number of nitrogens with one attached hydrogen (secondary N) is 1. The van der Waals surface area contributed by atoms with Crippen LogP contribution in [0.5, 0.6) is 0 Å². The molecular weight excluding hydrogens is 338 g/mol. The van der Waals surface area contributed by atoms with Crippen LogP contribution in [-0.2, 0) is 0 Å². The van der Waals surface area contributed by atoms with Gasteiger partial charge in [-0.3, -0.25) is 0 Å². The third-order valence-electron chi connectivity index (χ3n) is 3.79. The SMILES string of the molecule is CSc1cccc(NC(=S)N(CCN(C)C)[C@H](C)c2ccco2)c1. The van der Waals surface area contributed by atoms with Crippen molar-refractivity contribution in [3.05, 3.63) is 48.4 Å². The first kappa shape index (κ1) is 18.8. The molecule has 6 heteroatoms. The molecule has 0 unspecified atom stereocenters. The summed E-state index contributed by atoms with van der Waals surface area (Å²) in [6, 6.07) is 12.2. The lowest BCUT2D eigenvalue weighted by atomic mass is 10.2. The highest BCUT2D eigenvalue weighted by Gasteiger charge is 2.21. The summed E-state index contributed by atoms with van der Waals surface area (Å²) in [7, 11) is 4.13. The standard InChI is InChI=1S/C18H25N3OS2/c1-14(17-9-6-12-22-17)21(11-10-20(2)3)18(23)19-15-7-5-8-16(13-15)24-4/h5-9,12-14H,10-11H2,1-4H3,(H,19,23)/t14-/m1/s1. The molecule has 1 aromatic heterocycles. The molecule has 0 saturated heterocycles. The maximum Gasteiger partial charge on any atom is 0.174 e. The molecule has 2 aromatic rings. The molecule has 1 atom stereocenters. The fraction of sp³-hybridized carbons (Fsp3) is 0.389. The van der Waals surface area contributed by atoms with Crippen molar-refractivity contribution in [3.63, 3.8) is 0 Å². The Kier molecular flexibility index (Phi) is 7.15. The number of anilines is 1. The largest absolute Gasteiger partial charge is 0.467 e. The average Bonchev–Trinajstić information content (AvgIpc) is 3.09. The molecule has 0 aliphatic heterocycles. The number of benzene rings is 1. The van der Waals surface area contributed by atoms with Crippen LogP contribution in [0, 0.1) is 0 Å². The molecule has 24 heavy (non-hydrogen) atoms. The molecule has 0 saturated carbocycles. The summed E-state index contributed by atoms with van der Waals surface area (Å²) in [5.74, 6) is 0.913. The third-order valence-corrected chi connectivity index (χ3v) is 4.85. The molecule has 0 aliphatic rings. The Morgan fingerprint density at radius 1 is 1.25 bits per heavy atom. The monoisotopic (exact) mass is 363 g/mol. The van der Waals surface area contributed by atoms with Crippen LogP contribution in [0.3, 0.4) is 0 Å². The van der Waals surface area contributed by atoms with Crippen LogP contribution in [0.25, 0.3) is 0 Å². The number of furan rings is 1. The number of hydrogen-bond donors (Lipinski definition) is 1. The quantitative estimate of drug-likeness (QED) is 0.582. The van der Waals surface area contributed by atoms with Gasteiger partial charge in [0.15, 0.2) is 5.11 Å². The molecular formula is C18H25N3OS2. The molecule has 0 aliphatic carbocycles. The highest BCUT2D eigenvalue weighted by molar-refractivity contribution is 7.98. The van der Waals surface area contributed by atoms with Gasteiger partial charge in [-0.05, 0) is 69.8 Å². The first-order valence-corrected chi connectivity index (χ1v) is 9.54. The summed E-state index contributed by atoms with van der Waals surface area (Å²) >= 11 is 7.41. The Bertz CT molecular complexity index is 643. The van der Waals surface area contributed by atoms with Gasteiger partial charge in [0.1, 0.15) is 5.76 Å². The lowest BCUT2D eigenvalue weighted by molar-refractivity contribution is 0.263. The van der Waals surface area contributed by atoms with Crippen molar-refractivity contribution in [1.29, 1.82) is 0 Å². The van der Waals surface area contributed by atoms with E-state index < -0.39 is 0 Å². The Morgan fingerprint density at radius 3 is 2.67 bits per heavy atom. The van der Waals surface area contributed by atoms with Gasteiger partial charge >= 0.3 is 0 Å². The topological polar surface area (TPSA) is 31.6 Å². The van der Waals surface area contributed by atoms with E-state index in [0.29, 0.717) is 5.11 Å². The molecule has 0 radical (unpaired) electrons. The fourth-order valence-electron chi connectivity index (χ4n) is 2.36. The number of thiocarbonyl (C=S) groups is 1. The van der Waals surface area contributed by atoms with E-state index >= 15 is 0 Å². The van der Waals surface area contributed by atoms with Gasteiger partial charge in [-0.25, -0.2) is 0 Å². The molecule has 0 amide bonds. The zero-order chi connectivity index (χ0) is 17.5. The van der Waals surface area contributed by atoms with E-state index in [1.807, 2.05) is 24.3 Å². The maximum absolute atomic E-state index is 5.69. The Morgan fingerprint density at radius 2 is 2.04 bits per heavy atom.